The molecular formula is C14H11F4N3S. The van der Waals surface area contributed by atoms with Crippen LogP contribution in [0.5, 0.6) is 0 Å². The molecule has 0 spiro atoms. The molecule has 0 radical (unpaired) electrons. The van der Waals surface area contributed by atoms with Crippen molar-refractivity contribution in [3.05, 3.63) is 47.5 Å². The summed E-state index contributed by atoms with van der Waals surface area (Å²) in [6.45, 7) is 0. The number of anilines is 1. The van der Waals surface area contributed by atoms with E-state index in [4.69, 9.17) is 0 Å². The molecule has 1 aromatic carbocycles. The van der Waals surface area contributed by atoms with Gasteiger partial charge in [-0.1, -0.05) is 0 Å². The number of hydrogen-bond donors (Lipinski definition) is 1. The highest BCUT2D eigenvalue weighted by molar-refractivity contribution is 7.99. The average molecular weight is 329 g/mol. The van der Waals surface area contributed by atoms with Crippen LogP contribution in [0.3, 0.4) is 0 Å². The van der Waals surface area contributed by atoms with Gasteiger partial charge in [0.25, 0.3) is 0 Å². The number of alkyl halides is 3. The summed E-state index contributed by atoms with van der Waals surface area (Å²) in [5.74, 6) is 0.301. The summed E-state index contributed by atoms with van der Waals surface area (Å²) in [5, 5.41) is 2.87. The van der Waals surface area contributed by atoms with Crippen LogP contribution in [0.1, 0.15) is 23.7 Å². The first-order chi connectivity index (χ1) is 10.4. The second-order valence-electron chi connectivity index (χ2n) is 4.78. The molecule has 1 aliphatic heterocycles. The maximum absolute atomic E-state index is 13.4. The first-order valence-corrected chi connectivity index (χ1v) is 7.51. The van der Waals surface area contributed by atoms with E-state index >= 15 is 0 Å². The molecule has 1 aliphatic rings. The maximum atomic E-state index is 13.4. The first kappa shape index (κ1) is 15.1. The minimum Gasteiger partial charge on any atom is -0.347 e. The van der Waals surface area contributed by atoms with Crippen LogP contribution in [0, 0.1) is 5.82 Å². The van der Waals surface area contributed by atoms with Crippen molar-refractivity contribution in [2.45, 2.75) is 23.5 Å². The van der Waals surface area contributed by atoms with Crippen molar-refractivity contribution < 1.29 is 17.6 Å². The van der Waals surface area contributed by atoms with Crippen molar-refractivity contribution in [1.82, 2.24) is 9.97 Å². The van der Waals surface area contributed by atoms with E-state index in [0.717, 1.165) is 28.5 Å². The number of rotatable bonds is 2. The molecular weight excluding hydrogens is 318 g/mol. The van der Waals surface area contributed by atoms with Crippen LogP contribution in [0.25, 0.3) is 0 Å². The molecule has 1 atom stereocenters. The molecule has 0 saturated carbocycles. The molecule has 0 saturated heterocycles. The summed E-state index contributed by atoms with van der Waals surface area (Å²) in [4.78, 5) is 8.22. The van der Waals surface area contributed by atoms with Crippen molar-refractivity contribution in [1.29, 1.82) is 0 Å². The number of fused-ring (bicyclic) bond motifs is 1. The molecule has 0 aliphatic carbocycles. The Hall–Kier alpha value is -1.83. The van der Waals surface area contributed by atoms with Crippen molar-refractivity contribution in [2.24, 2.45) is 0 Å². The van der Waals surface area contributed by atoms with E-state index in [0.29, 0.717) is 6.42 Å². The predicted molar refractivity (Wildman–Crippen MR) is 75.1 cm³/mol. The second kappa shape index (κ2) is 5.75. The average Bonchev–Trinajstić information content (AvgIpc) is 2.47. The van der Waals surface area contributed by atoms with Gasteiger partial charge in [0.2, 0.25) is 5.95 Å². The van der Waals surface area contributed by atoms with Crippen LogP contribution in [0.4, 0.5) is 23.5 Å². The Kier molecular flexibility index (Phi) is 3.94. The number of nitrogens with one attached hydrogen (secondary N) is 1. The third kappa shape index (κ3) is 3.16. The summed E-state index contributed by atoms with van der Waals surface area (Å²) in [7, 11) is 0. The standard InChI is InChI=1S/C14H11F4N3S/c15-8-1-2-11-9(7-8)10(4-6-22-11)20-13-19-5-3-12(21-13)14(16,17)18/h1-3,5,7,10H,4,6H2,(H,19,20,21). The third-order valence-electron chi connectivity index (χ3n) is 3.26. The van der Waals surface area contributed by atoms with Crippen molar-refractivity contribution in [3.63, 3.8) is 0 Å². The van der Waals surface area contributed by atoms with Crippen molar-refractivity contribution in [2.75, 3.05) is 11.1 Å². The van der Waals surface area contributed by atoms with Gasteiger partial charge in [0, 0.05) is 16.8 Å². The van der Waals surface area contributed by atoms with Gasteiger partial charge in [-0.25, -0.2) is 14.4 Å². The zero-order valence-electron chi connectivity index (χ0n) is 11.2. The number of nitrogens with zero attached hydrogens (tertiary/aromatic N) is 2. The first-order valence-electron chi connectivity index (χ1n) is 6.52. The smallest absolute Gasteiger partial charge is 0.347 e. The minimum absolute atomic E-state index is 0.109. The lowest BCUT2D eigenvalue weighted by molar-refractivity contribution is -0.141. The van der Waals surface area contributed by atoms with E-state index in [9.17, 15) is 17.6 Å². The number of thioether (sulfide) groups is 1. The lowest BCUT2D eigenvalue weighted by Gasteiger charge is -2.26. The van der Waals surface area contributed by atoms with Crippen LogP contribution < -0.4 is 5.32 Å². The molecule has 1 unspecified atom stereocenters. The lowest BCUT2D eigenvalue weighted by Crippen LogP contribution is -2.19. The summed E-state index contributed by atoms with van der Waals surface area (Å²) in [5.41, 5.74) is -0.285. The van der Waals surface area contributed by atoms with Crippen LogP contribution in [-0.2, 0) is 6.18 Å². The SMILES string of the molecule is Fc1ccc2c(c1)C(Nc1nccc(C(F)(F)F)n1)CCS2. The van der Waals surface area contributed by atoms with Crippen molar-refractivity contribution in [3.8, 4) is 0 Å². The quantitative estimate of drug-likeness (QED) is 0.835. The fourth-order valence-corrected chi connectivity index (χ4v) is 3.36. The fraction of sp³-hybridized carbons (Fsp3) is 0.286. The van der Waals surface area contributed by atoms with E-state index in [-0.39, 0.29) is 17.8 Å². The Morgan fingerprint density at radius 1 is 1.23 bits per heavy atom. The Balaban J connectivity index is 1.88. The van der Waals surface area contributed by atoms with E-state index in [2.05, 4.69) is 15.3 Å². The van der Waals surface area contributed by atoms with Gasteiger partial charge in [-0.05, 0) is 36.2 Å². The largest absolute Gasteiger partial charge is 0.433 e. The number of halogens is 4. The molecule has 8 heteroatoms. The molecule has 0 bridgehead atoms. The molecule has 3 nitrogen and oxygen atoms in total. The van der Waals surface area contributed by atoms with Gasteiger partial charge in [0.05, 0.1) is 6.04 Å². The zero-order valence-corrected chi connectivity index (χ0v) is 12.0. The minimum atomic E-state index is -4.52. The second-order valence-corrected chi connectivity index (χ2v) is 5.92. The fourth-order valence-electron chi connectivity index (χ4n) is 2.26. The third-order valence-corrected chi connectivity index (χ3v) is 4.38. The molecule has 1 N–H and O–H groups in total. The molecule has 3 rings (SSSR count). The monoisotopic (exact) mass is 329 g/mol. The van der Waals surface area contributed by atoms with E-state index in [1.807, 2.05) is 0 Å². The summed E-state index contributed by atoms with van der Waals surface area (Å²) in [6, 6.07) is 4.95. The topological polar surface area (TPSA) is 37.8 Å². The van der Waals surface area contributed by atoms with Gasteiger partial charge in [0.15, 0.2) is 0 Å². The van der Waals surface area contributed by atoms with Crippen molar-refractivity contribution >= 4 is 17.7 Å². The molecule has 1 aromatic heterocycles. The van der Waals surface area contributed by atoms with Gasteiger partial charge in [-0.15, -0.1) is 11.8 Å². The summed E-state index contributed by atoms with van der Waals surface area (Å²) >= 11 is 1.59. The van der Waals surface area contributed by atoms with Gasteiger partial charge in [-0.3, -0.25) is 0 Å². The molecule has 0 amide bonds. The Bertz CT molecular complexity index is 690. The van der Waals surface area contributed by atoms with E-state index in [1.165, 1.54) is 12.1 Å². The lowest BCUT2D eigenvalue weighted by atomic mass is 10.0. The zero-order chi connectivity index (χ0) is 15.7. The number of benzene rings is 1. The summed E-state index contributed by atoms with van der Waals surface area (Å²) < 4.78 is 51.4. The number of hydrogen-bond acceptors (Lipinski definition) is 4. The molecule has 0 fully saturated rings. The van der Waals surface area contributed by atoms with Gasteiger partial charge >= 0.3 is 6.18 Å². The van der Waals surface area contributed by atoms with Gasteiger partial charge in [-0.2, -0.15) is 13.2 Å². The van der Waals surface area contributed by atoms with Crippen LogP contribution in [0.2, 0.25) is 0 Å². The Morgan fingerprint density at radius 2 is 2.05 bits per heavy atom. The van der Waals surface area contributed by atoms with Gasteiger partial charge in [0.1, 0.15) is 11.5 Å². The van der Waals surface area contributed by atoms with E-state index in [1.54, 1.807) is 17.8 Å². The Labute approximate surface area is 128 Å². The molecule has 116 valence electrons. The highest BCUT2D eigenvalue weighted by atomic mass is 32.2. The summed E-state index contributed by atoms with van der Waals surface area (Å²) in [6.07, 6.45) is -2.81. The molecule has 2 heterocycles. The normalized spacial score (nSPS) is 17.9. The highest BCUT2D eigenvalue weighted by Gasteiger charge is 2.33. The van der Waals surface area contributed by atoms with Crippen LogP contribution >= 0.6 is 11.8 Å². The Morgan fingerprint density at radius 3 is 2.82 bits per heavy atom. The maximum Gasteiger partial charge on any atom is 0.433 e. The number of aromatic nitrogens is 2. The van der Waals surface area contributed by atoms with Gasteiger partial charge < -0.3 is 5.32 Å². The molecule has 2 aromatic rings. The van der Waals surface area contributed by atoms with Crippen LogP contribution in [0.15, 0.2) is 35.4 Å². The van der Waals surface area contributed by atoms with E-state index < -0.39 is 11.9 Å². The predicted octanol–water partition coefficient (Wildman–Crippen LogP) is 4.28. The molecule has 22 heavy (non-hydrogen) atoms. The van der Waals surface area contributed by atoms with Crippen LogP contribution in [-0.4, -0.2) is 15.7 Å². The highest BCUT2D eigenvalue weighted by Crippen LogP contribution is 2.38.